The third-order valence-electron chi connectivity index (χ3n) is 2.92. The van der Waals surface area contributed by atoms with E-state index in [1.807, 2.05) is 0 Å². The Labute approximate surface area is 121 Å². The maximum absolute atomic E-state index is 11.3. The lowest BCUT2D eigenvalue weighted by Gasteiger charge is -2.14. The van der Waals surface area contributed by atoms with Crippen molar-refractivity contribution in [1.82, 2.24) is 5.32 Å². The smallest absolute Gasteiger partial charge is 0.292 e. The first-order valence-electron chi connectivity index (χ1n) is 5.89. The highest BCUT2D eigenvalue weighted by Gasteiger charge is 2.28. The second-order valence-electron chi connectivity index (χ2n) is 4.47. The van der Waals surface area contributed by atoms with Crippen LogP contribution in [-0.4, -0.2) is 36.0 Å². The normalized spacial score (nSPS) is 20.3. The molecule has 2 N–H and O–H groups in total. The number of hydrogen-bond acceptors (Lipinski definition) is 5. The molecule has 0 radical (unpaired) electrons. The van der Waals surface area contributed by atoms with Gasteiger partial charge in [-0.1, -0.05) is 12.1 Å². The van der Waals surface area contributed by atoms with Gasteiger partial charge in [0.15, 0.2) is 14.9 Å². The van der Waals surface area contributed by atoms with Crippen molar-refractivity contribution in [3.63, 3.8) is 0 Å². The molecule has 1 fully saturated rings. The van der Waals surface area contributed by atoms with E-state index in [4.69, 9.17) is 12.2 Å². The van der Waals surface area contributed by atoms with E-state index in [0.29, 0.717) is 6.42 Å². The summed E-state index contributed by atoms with van der Waals surface area (Å²) in [6.07, 6.45) is 0.487. The van der Waals surface area contributed by atoms with Crippen LogP contribution in [0.15, 0.2) is 24.3 Å². The van der Waals surface area contributed by atoms with Gasteiger partial charge in [0.2, 0.25) is 0 Å². The second-order valence-corrected chi connectivity index (χ2v) is 7.11. The molecule has 0 saturated carbocycles. The number of nitrogens with one attached hydrogen (secondary N) is 2. The number of nitro benzene ring substituents is 1. The minimum atomic E-state index is -2.99. The van der Waals surface area contributed by atoms with E-state index in [1.54, 1.807) is 12.1 Å². The second kappa shape index (κ2) is 5.71. The molecule has 1 unspecified atom stereocenters. The molecule has 1 saturated heterocycles. The summed E-state index contributed by atoms with van der Waals surface area (Å²) in [6, 6.07) is 5.87. The molecule has 20 heavy (non-hydrogen) atoms. The van der Waals surface area contributed by atoms with Crippen LogP contribution in [0.2, 0.25) is 0 Å². The van der Waals surface area contributed by atoms with Gasteiger partial charge in [0.05, 0.1) is 16.4 Å². The zero-order chi connectivity index (χ0) is 14.8. The van der Waals surface area contributed by atoms with Crippen molar-refractivity contribution >= 4 is 38.5 Å². The summed E-state index contributed by atoms with van der Waals surface area (Å²) in [7, 11) is -2.99. The van der Waals surface area contributed by atoms with Crippen molar-refractivity contribution in [2.24, 2.45) is 0 Å². The average Bonchev–Trinajstić information content (AvgIpc) is 2.68. The van der Waals surface area contributed by atoms with Gasteiger partial charge in [-0.25, -0.2) is 8.42 Å². The monoisotopic (exact) mass is 315 g/mol. The Kier molecular flexibility index (Phi) is 4.19. The maximum atomic E-state index is 11.3. The quantitative estimate of drug-likeness (QED) is 0.488. The van der Waals surface area contributed by atoms with E-state index < -0.39 is 14.8 Å². The molecule has 0 spiro atoms. The predicted molar refractivity (Wildman–Crippen MR) is 79.5 cm³/mol. The van der Waals surface area contributed by atoms with Gasteiger partial charge in [0.25, 0.3) is 5.69 Å². The molecule has 7 nitrogen and oxygen atoms in total. The topological polar surface area (TPSA) is 101 Å². The van der Waals surface area contributed by atoms with Gasteiger partial charge in [0, 0.05) is 12.1 Å². The SMILES string of the molecule is O=[N+]([O-])c1ccccc1NC(=S)NC1CCS(=O)(=O)C1. The molecule has 1 aromatic rings. The van der Waals surface area contributed by atoms with Gasteiger partial charge < -0.3 is 10.6 Å². The fourth-order valence-corrected chi connectivity index (χ4v) is 3.94. The van der Waals surface area contributed by atoms with E-state index in [0.717, 1.165) is 0 Å². The highest BCUT2D eigenvalue weighted by molar-refractivity contribution is 7.91. The lowest BCUT2D eigenvalue weighted by atomic mass is 10.2. The molecule has 1 heterocycles. The Balaban J connectivity index is 2.01. The van der Waals surface area contributed by atoms with Crippen LogP contribution in [-0.2, 0) is 9.84 Å². The van der Waals surface area contributed by atoms with E-state index in [2.05, 4.69) is 10.6 Å². The predicted octanol–water partition coefficient (Wildman–Crippen LogP) is 1.07. The van der Waals surface area contributed by atoms with Gasteiger partial charge in [-0.2, -0.15) is 0 Å². The van der Waals surface area contributed by atoms with Crippen molar-refractivity contribution in [3.05, 3.63) is 34.4 Å². The molecular formula is C11H13N3O4S2. The first-order chi connectivity index (χ1) is 9.37. The van der Waals surface area contributed by atoms with Gasteiger partial charge >= 0.3 is 0 Å². The molecule has 0 amide bonds. The van der Waals surface area contributed by atoms with Gasteiger partial charge in [-0.3, -0.25) is 10.1 Å². The van der Waals surface area contributed by atoms with Crippen LogP contribution in [0.25, 0.3) is 0 Å². The highest BCUT2D eigenvalue weighted by atomic mass is 32.2. The Hall–Kier alpha value is -1.74. The third-order valence-corrected chi connectivity index (χ3v) is 4.90. The number of anilines is 1. The molecule has 1 aromatic carbocycles. The van der Waals surface area contributed by atoms with Crippen LogP contribution in [0, 0.1) is 10.1 Å². The van der Waals surface area contributed by atoms with Crippen LogP contribution >= 0.6 is 12.2 Å². The molecule has 9 heteroatoms. The first kappa shape index (κ1) is 14.7. The fraction of sp³-hybridized carbons (Fsp3) is 0.364. The Morgan fingerprint density at radius 1 is 1.40 bits per heavy atom. The summed E-state index contributed by atoms with van der Waals surface area (Å²) >= 11 is 5.05. The van der Waals surface area contributed by atoms with Crippen LogP contribution in [0.4, 0.5) is 11.4 Å². The molecule has 0 aliphatic carbocycles. The molecule has 1 aliphatic rings. The van der Waals surface area contributed by atoms with Gasteiger partial charge in [-0.15, -0.1) is 0 Å². The number of nitrogens with zero attached hydrogens (tertiary/aromatic N) is 1. The largest absolute Gasteiger partial charge is 0.359 e. The van der Waals surface area contributed by atoms with Crippen LogP contribution in [0.1, 0.15) is 6.42 Å². The van der Waals surface area contributed by atoms with Crippen molar-refractivity contribution in [1.29, 1.82) is 0 Å². The average molecular weight is 315 g/mol. The number of hydrogen-bond donors (Lipinski definition) is 2. The van der Waals surface area contributed by atoms with E-state index in [1.165, 1.54) is 12.1 Å². The molecule has 2 rings (SSSR count). The molecule has 0 aromatic heterocycles. The summed E-state index contributed by atoms with van der Waals surface area (Å²) in [6.45, 7) is 0. The number of sulfone groups is 1. The lowest BCUT2D eigenvalue weighted by Crippen LogP contribution is -2.38. The number of rotatable bonds is 3. The van der Waals surface area contributed by atoms with Crippen LogP contribution < -0.4 is 10.6 Å². The van der Waals surface area contributed by atoms with Crippen LogP contribution in [0.3, 0.4) is 0 Å². The first-order valence-corrected chi connectivity index (χ1v) is 8.12. The Morgan fingerprint density at radius 2 is 2.10 bits per heavy atom. The molecule has 108 valence electrons. The number of thiocarbonyl (C=S) groups is 1. The van der Waals surface area contributed by atoms with Crippen LogP contribution in [0.5, 0.6) is 0 Å². The summed E-state index contributed by atoms with van der Waals surface area (Å²) in [5, 5.41) is 16.6. The zero-order valence-corrected chi connectivity index (χ0v) is 12.0. The minimum absolute atomic E-state index is 0.0334. The summed E-state index contributed by atoms with van der Waals surface area (Å²) in [5.74, 6) is 0.171. The molecular weight excluding hydrogens is 302 g/mol. The molecule has 1 atom stereocenters. The van der Waals surface area contributed by atoms with Crippen molar-refractivity contribution in [3.8, 4) is 0 Å². The molecule has 1 aliphatic heterocycles. The number of benzene rings is 1. The fourth-order valence-electron chi connectivity index (χ4n) is 1.99. The van der Waals surface area contributed by atoms with E-state index in [-0.39, 0.29) is 34.0 Å². The molecule has 0 bridgehead atoms. The number of nitro groups is 1. The maximum Gasteiger partial charge on any atom is 0.292 e. The minimum Gasteiger partial charge on any atom is -0.359 e. The Bertz CT molecular complexity index is 645. The third kappa shape index (κ3) is 3.64. The lowest BCUT2D eigenvalue weighted by molar-refractivity contribution is -0.383. The highest BCUT2D eigenvalue weighted by Crippen LogP contribution is 2.23. The summed E-state index contributed by atoms with van der Waals surface area (Å²) in [4.78, 5) is 10.3. The van der Waals surface area contributed by atoms with Crippen molar-refractivity contribution < 1.29 is 13.3 Å². The van der Waals surface area contributed by atoms with Gasteiger partial charge in [-0.05, 0) is 24.7 Å². The number of para-hydroxylation sites is 2. The standard InChI is InChI=1S/C11H13N3O4S2/c15-14(16)10-4-2-1-3-9(10)13-11(19)12-8-5-6-20(17,18)7-8/h1-4,8H,5-7H2,(H2,12,13,19). The van der Waals surface area contributed by atoms with Crippen molar-refractivity contribution in [2.45, 2.75) is 12.5 Å². The van der Waals surface area contributed by atoms with E-state index in [9.17, 15) is 18.5 Å². The van der Waals surface area contributed by atoms with Gasteiger partial charge in [0.1, 0.15) is 5.69 Å². The Morgan fingerprint density at radius 3 is 2.70 bits per heavy atom. The van der Waals surface area contributed by atoms with E-state index >= 15 is 0 Å². The summed E-state index contributed by atoms with van der Waals surface area (Å²) in [5.41, 5.74) is 0.187. The zero-order valence-electron chi connectivity index (χ0n) is 10.4. The summed E-state index contributed by atoms with van der Waals surface area (Å²) < 4.78 is 22.7. The van der Waals surface area contributed by atoms with Crippen molar-refractivity contribution in [2.75, 3.05) is 16.8 Å².